The summed E-state index contributed by atoms with van der Waals surface area (Å²) in [4.78, 5) is 25.8. The van der Waals surface area contributed by atoms with Crippen LogP contribution >= 0.6 is 11.3 Å². The van der Waals surface area contributed by atoms with E-state index in [0.29, 0.717) is 16.1 Å². The fraction of sp³-hybridized carbons (Fsp3) is 0.333. The predicted octanol–water partition coefficient (Wildman–Crippen LogP) is 2.61. The minimum atomic E-state index is -3.26. The van der Waals surface area contributed by atoms with E-state index in [1.54, 1.807) is 12.1 Å². The van der Waals surface area contributed by atoms with E-state index in [1.807, 2.05) is 0 Å². The van der Waals surface area contributed by atoms with Crippen LogP contribution < -0.4 is 5.32 Å². The molecule has 0 atom stereocenters. The maximum Gasteiger partial charge on any atom is 0.341 e. The minimum Gasteiger partial charge on any atom is -0.465 e. The van der Waals surface area contributed by atoms with Crippen LogP contribution in [0.15, 0.2) is 29.2 Å². The number of rotatable bonds is 5. The molecule has 1 aliphatic carbocycles. The molecule has 1 N–H and O–H groups in total. The molecule has 0 aliphatic heterocycles. The number of aryl methyl sites for hydroxylation is 1. The van der Waals surface area contributed by atoms with Gasteiger partial charge in [-0.15, -0.1) is 11.3 Å². The molecule has 138 valence electrons. The van der Waals surface area contributed by atoms with Gasteiger partial charge in [0.2, 0.25) is 5.91 Å². The maximum atomic E-state index is 12.4. The van der Waals surface area contributed by atoms with Gasteiger partial charge < -0.3 is 10.1 Å². The van der Waals surface area contributed by atoms with Gasteiger partial charge in [-0.05, 0) is 42.5 Å². The molecular formula is C18H19NO5S2. The maximum absolute atomic E-state index is 12.4. The molecule has 6 nitrogen and oxygen atoms in total. The first-order valence-electron chi connectivity index (χ1n) is 8.11. The monoisotopic (exact) mass is 393 g/mol. The minimum absolute atomic E-state index is 0.0905. The first-order valence-corrected chi connectivity index (χ1v) is 10.8. The van der Waals surface area contributed by atoms with Gasteiger partial charge in [-0.1, -0.05) is 12.1 Å². The van der Waals surface area contributed by atoms with Crippen LogP contribution in [0.25, 0.3) is 0 Å². The zero-order valence-corrected chi connectivity index (χ0v) is 16.1. The van der Waals surface area contributed by atoms with Gasteiger partial charge in [0.25, 0.3) is 0 Å². The number of hydrogen-bond acceptors (Lipinski definition) is 6. The van der Waals surface area contributed by atoms with Crippen molar-refractivity contribution in [2.75, 3.05) is 18.7 Å². The smallest absolute Gasteiger partial charge is 0.341 e. The molecule has 3 rings (SSSR count). The van der Waals surface area contributed by atoms with Crippen LogP contribution in [-0.2, 0) is 38.6 Å². The van der Waals surface area contributed by atoms with Crippen molar-refractivity contribution in [2.45, 2.75) is 30.6 Å². The molecule has 1 aromatic heterocycles. The molecule has 2 aromatic rings. The molecule has 0 saturated carbocycles. The van der Waals surface area contributed by atoms with Crippen molar-refractivity contribution >= 4 is 38.1 Å². The summed E-state index contributed by atoms with van der Waals surface area (Å²) in [5.41, 5.74) is 2.14. The molecular weight excluding hydrogens is 374 g/mol. The highest BCUT2D eigenvalue weighted by atomic mass is 32.2. The number of hydrogen-bond donors (Lipinski definition) is 1. The summed E-state index contributed by atoms with van der Waals surface area (Å²) in [7, 11) is -1.93. The number of nitrogens with one attached hydrogen (secondary N) is 1. The second-order valence-electron chi connectivity index (χ2n) is 6.19. The lowest BCUT2D eigenvalue weighted by atomic mass is 10.1. The molecule has 1 aliphatic rings. The Bertz CT molecular complexity index is 958. The van der Waals surface area contributed by atoms with Crippen LogP contribution in [-0.4, -0.2) is 33.7 Å². The SMILES string of the molecule is COC(=O)c1c(NC(=O)Cc2ccc(S(C)(=O)=O)cc2)sc2c1CCC2. The number of carbonyl (C=O) groups excluding carboxylic acids is 2. The lowest BCUT2D eigenvalue weighted by molar-refractivity contribution is -0.115. The van der Waals surface area contributed by atoms with Gasteiger partial charge in [-0.2, -0.15) is 0 Å². The predicted molar refractivity (Wildman–Crippen MR) is 99.6 cm³/mol. The quantitative estimate of drug-likeness (QED) is 0.789. The van der Waals surface area contributed by atoms with Crippen molar-refractivity contribution in [3.63, 3.8) is 0 Å². The highest BCUT2D eigenvalue weighted by Crippen LogP contribution is 2.39. The molecule has 0 spiro atoms. The lowest BCUT2D eigenvalue weighted by Gasteiger charge is -2.07. The summed E-state index contributed by atoms with van der Waals surface area (Å²) in [5, 5.41) is 3.34. The van der Waals surface area contributed by atoms with Gasteiger partial charge in [0.1, 0.15) is 5.00 Å². The number of fused-ring (bicyclic) bond motifs is 1. The van der Waals surface area contributed by atoms with E-state index >= 15 is 0 Å². The molecule has 0 radical (unpaired) electrons. The molecule has 0 saturated heterocycles. The highest BCUT2D eigenvalue weighted by molar-refractivity contribution is 7.90. The normalized spacial score (nSPS) is 13.3. The van der Waals surface area contributed by atoms with Crippen molar-refractivity contribution in [3.05, 3.63) is 45.8 Å². The third-order valence-electron chi connectivity index (χ3n) is 4.28. The molecule has 1 aromatic carbocycles. The lowest BCUT2D eigenvalue weighted by Crippen LogP contribution is -2.16. The number of anilines is 1. The fourth-order valence-electron chi connectivity index (χ4n) is 3.02. The number of ether oxygens (including phenoxy) is 1. The third kappa shape index (κ3) is 3.81. The molecule has 0 unspecified atom stereocenters. The van der Waals surface area contributed by atoms with E-state index in [1.165, 1.54) is 30.6 Å². The Morgan fingerprint density at radius 3 is 2.50 bits per heavy atom. The third-order valence-corrected chi connectivity index (χ3v) is 6.62. The Hall–Kier alpha value is -2.19. The first-order chi connectivity index (χ1) is 12.3. The molecule has 1 heterocycles. The van der Waals surface area contributed by atoms with Crippen molar-refractivity contribution in [1.82, 2.24) is 0 Å². The van der Waals surface area contributed by atoms with Crippen LogP contribution in [0.2, 0.25) is 0 Å². The van der Waals surface area contributed by atoms with E-state index < -0.39 is 15.8 Å². The van der Waals surface area contributed by atoms with E-state index in [2.05, 4.69) is 5.32 Å². The summed E-state index contributed by atoms with van der Waals surface area (Å²) >= 11 is 1.42. The zero-order valence-electron chi connectivity index (χ0n) is 14.5. The van der Waals surface area contributed by atoms with Gasteiger partial charge in [0.05, 0.1) is 24.0 Å². The average molecular weight is 393 g/mol. The number of thiophene rings is 1. The van der Waals surface area contributed by atoms with E-state index in [-0.39, 0.29) is 17.2 Å². The average Bonchev–Trinajstić information content (AvgIpc) is 3.14. The summed E-state index contributed by atoms with van der Waals surface area (Å²) in [6.07, 6.45) is 3.96. The summed E-state index contributed by atoms with van der Waals surface area (Å²) in [6, 6.07) is 6.20. The van der Waals surface area contributed by atoms with Crippen molar-refractivity contribution in [3.8, 4) is 0 Å². The van der Waals surface area contributed by atoms with E-state index in [0.717, 1.165) is 36.0 Å². The van der Waals surface area contributed by atoms with Crippen LogP contribution in [0, 0.1) is 0 Å². The summed E-state index contributed by atoms with van der Waals surface area (Å²) in [5.74, 6) is -0.695. The largest absolute Gasteiger partial charge is 0.465 e. The molecule has 0 fully saturated rings. The second kappa shape index (κ2) is 7.20. The van der Waals surface area contributed by atoms with Gasteiger partial charge in [-0.25, -0.2) is 13.2 Å². The highest BCUT2D eigenvalue weighted by Gasteiger charge is 2.28. The standard InChI is InChI=1S/C18H19NO5S2/c1-24-18(21)16-13-4-3-5-14(13)25-17(16)19-15(20)10-11-6-8-12(9-7-11)26(2,22)23/h6-9H,3-5,10H2,1-2H3,(H,19,20). The number of sulfone groups is 1. The molecule has 0 bridgehead atoms. The van der Waals surface area contributed by atoms with Gasteiger partial charge in [0.15, 0.2) is 9.84 Å². The van der Waals surface area contributed by atoms with Crippen molar-refractivity contribution in [2.24, 2.45) is 0 Å². The van der Waals surface area contributed by atoms with Crippen molar-refractivity contribution < 1.29 is 22.7 Å². The number of methoxy groups -OCH3 is 1. The molecule has 26 heavy (non-hydrogen) atoms. The molecule has 8 heteroatoms. The number of esters is 1. The number of amides is 1. The van der Waals surface area contributed by atoms with Crippen molar-refractivity contribution in [1.29, 1.82) is 0 Å². The summed E-state index contributed by atoms with van der Waals surface area (Å²) < 4.78 is 27.8. The zero-order chi connectivity index (χ0) is 18.9. The van der Waals surface area contributed by atoms with Crippen LogP contribution in [0.1, 0.15) is 32.8 Å². The topological polar surface area (TPSA) is 89.5 Å². The van der Waals surface area contributed by atoms with Crippen LogP contribution in [0.5, 0.6) is 0 Å². The summed E-state index contributed by atoms with van der Waals surface area (Å²) in [6.45, 7) is 0. The van der Waals surface area contributed by atoms with Gasteiger partial charge >= 0.3 is 5.97 Å². The van der Waals surface area contributed by atoms with E-state index in [9.17, 15) is 18.0 Å². The fourth-order valence-corrected chi connectivity index (χ4v) is 4.95. The van der Waals surface area contributed by atoms with Gasteiger partial charge in [0, 0.05) is 11.1 Å². The number of benzene rings is 1. The molecule has 1 amide bonds. The number of carbonyl (C=O) groups is 2. The Kier molecular flexibility index (Phi) is 5.15. The van der Waals surface area contributed by atoms with Gasteiger partial charge in [-0.3, -0.25) is 4.79 Å². The second-order valence-corrected chi connectivity index (χ2v) is 9.32. The first kappa shape index (κ1) is 18.6. The van der Waals surface area contributed by atoms with Crippen LogP contribution in [0.4, 0.5) is 5.00 Å². The Morgan fingerprint density at radius 2 is 1.88 bits per heavy atom. The van der Waals surface area contributed by atoms with Crippen LogP contribution in [0.3, 0.4) is 0 Å². The Labute approximate surface area is 156 Å². The Balaban J connectivity index is 1.76. The Morgan fingerprint density at radius 1 is 1.19 bits per heavy atom. The van der Waals surface area contributed by atoms with E-state index in [4.69, 9.17) is 4.74 Å².